The maximum Gasteiger partial charge on any atom is 0.306 e. The Morgan fingerprint density at radius 3 is 1.43 bits per heavy atom. The molecular formula is C52H96NO7P. The summed E-state index contributed by atoms with van der Waals surface area (Å²) in [5.74, 6) is -0.413. The minimum Gasteiger partial charge on any atom is -0.756 e. The second-order valence-corrected chi connectivity index (χ2v) is 19.2. The zero-order valence-corrected chi connectivity index (χ0v) is 41.2. The van der Waals surface area contributed by atoms with Gasteiger partial charge in [-0.1, -0.05) is 197 Å². The van der Waals surface area contributed by atoms with E-state index in [1.165, 1.54) is 141 Å². The van der Waals surface area contributed by atoms with Crippen LogP contribution >= 0.6 is 7.82 Å². The number of phosphoric ester groups is 1. The molecule has 0 spiro atoms. The number of esters is 1. The van der Waals surface area contributed by atoms with Crippen molar-refractivity contribution in [2.24, 2.45) is 0 Å². The van der Waals surface area contributed by atoms with Crippen LogP contribution in [0, 0.1) is 0 Å². The molecule has 0 aliphatic heterocycles. The molecule has 0 amide bonds. The average molecular weight is 878 g/mol. The van der Waals surface area contributed by atoms with Crippen LogP contribution < -0.4 is 4.89 Å². The molecule has 0 fully saturated rings. The van der Waals surface area contributed by atoms with E-state index < -0.39 is 19.9 Å². The molecule has 2 unspecified atom stereocenters. The lowest BCUT2D eigenvalue weighted by molar-refractivity contribution is -0.870. The Morgan fingerprint density at radius 1 is 0.525 bits per heavy atom. The lowest BCUT2D eigenvalue weighted by Gasteiger charge is -2.28. The monoisotopic (exact) mass is 878 g/mol. The Balaban J connectivity index is 4.09. The van der Waals surface area contributed by atoms with Gasteiger partial charge in [0.1, 0.15) is 19.3 Å². The Morgan fingerprint density at radius 2 is 0.951 bits per heavy atom. The van der Waals surface area contributed by atoms with Gasteiger partial charge in [0.25, 0.3) is 7.82 Å². The number of quaternary nitrogens is 1. The van der Waals surface area contributed by atoms with Crippen molar-refractivity contribution < 1.29 is 37.3 Å². The number of hydrogen-bond acceptors (Lipinski definition) is 7. The third-order valence-corrected chi connectivity index (χ3v) is 11.5. The van der Waals surface area contributed by atoms with Crippen molar-refractivity contribution in [2.45, 2.75) is 213 Å². The predicted octanol–water partition coefficient (Wildman–Crippen LogP) is 14.6. The van der Waals surface area contributed by atoms with Gasteiger partial charge in [0.15, 0.2) is 0 Å². The number of hydrogen-bond donors (Lipinski definition) is 0. The number of rotatable bonds is 46. The molecule has 2 atom stereocenters. The van der Waals surface area contributed by atoms with Gasteiger partial charge in [0.05, 0.1) is 34.4 Å². The van der Waals surface area contributed by atoms with E-state index in [0.717, 1.165) is 38.5 Å². The highest BCUT2D eigenvalue weighted by molar-refractivity contribution is 7.45. The maximum atomic E-state index is 12.6. The Hall–Kier alpha value is -1.80. The quantitative estimate of drug-likeness (QED) is 0.0198. The summed E-state index contributed by atoms with van der Waals surface area (Å²) in [6.07, 6.45) is 57.1. The van der Waals surface area contributed by atoms with E-state index in [1.54, 1.807) is 0 Å². The van der Waals surface area contributed by atoms with Crippen molar-refractivity contribution in [2.75, 3.05) is 54.1 Å². The molecule has 0 aliphatic carbocycles. The second-order valence-electron chi connectivity index (χ2n) is 17.8. The Kier molecular flexibility index (Phi) is 43.5. The van der Waals surface area contributed by atoms with Crippen molar-refractivity contribution in [1.82, 2.24) is 0 Å². The van der Waals surface area contributed by atoms with Gasteiger partial charge in [-0.2, -0.15) is 0 Å². The number of ether oxygens (including phenoxy) is 2. The van der Waals surface area contributed by atoms with E-state index >= 15 is 0 Å². The molecule has 9 heteroatoms. The number of phosphoric acid groups is 1. The highest BCUT2D eigenvalue weighted by atomic mass is 31.2. The Bertz CT molecular complexity index is 1160. The summed E-state index contributed by atoms with van der Waals surface area (Å²) in [5, 5.41) is 0. The molecule has 0 aromatic heterocycles. The van der Waals surface area contributed by atoms with Crippen molar-refractivity contribution >= 4 is 13.8 Å². The molecule has 0 saturated carbocycles. The van der Waals surface area contributed by atoms with E-state index in [4.69, 9.17) is 18.5 Å². The lowest BCUT2D eigenvalue weighted by Crippen LogP contribution is -2.37. The second kappa shape index (κ2) is 44.8. The van der Waals surface area contributed by atoms with Gasteiger partial charge in [-0.05, 0) is 64.2 Å². The van der Waals surface area contributed by atoms with Crippen LogP contribution in [0.2, 0.25) is 0 Å². The third kappa shape index (κ3) is 49.1. The molecule has 0 radical (unpaired) electrons. The summed E-state index contributed by atoms with van der Waals surface area (Å²) in [5.41, 5.74) is 0. The van der Waals surface area contributed by atoms with E-state index in [2.05, 4.69) is 62.5 Å². The highest BCUT2D eigenvalue weighted by Gasteiger charge is 2.20. The molecule has 0 aromatic carbocycles. The van der Waals surface area contributed by atoms with E-state index in [1.807, 2.05) is 33.3 Å². The van der Waals surface area contributed by atoms with Gasteiger partial charge in [-0.15, -0.1) is 0 Å². The number of carbonyl (C=O) groups excluding carboxylic acids is 1. The number of carbonyl (C=O) groups is 1. The molecule has 356 valence electrons. The van der Waals surface area contributed by atoms with Crippen LogP contribution in [0.25, 0.3) is 0 Å². The summed E-state index contributed by atoms with van der Waals surface area (Å²) in [6, 6.07) is 0. The minimum atomic E-state index is -4.55. The topological polar surface area (TPSA) is 94.1 Å². The summed E-state index contributed by atoms with van der Waals surface area (Å²) < 4.78 is 34.6. The summed E-state index contributed by atoms with van der Waals surface area (Å²) in [7, 11) is 1.31. The number of unbranched alkanes of at least 4 members (excludes halogenated alkanes) is 22. The SMILES string of the molecule is CC/C=C\C/C=C\C/C=C\C/C=C\CCC(=O)OC(COCCCCCCCCCCCCCCCC/C=C\CCCCCCCCCC)COP(=O)([O-])OCC[N+](C)(C)C. The molecule has 61 heavy (non-hydrogen) atoms. The van der Waals surface area contributed by atoms with Gasteiger partial charge in [-0.3, -0.25) is 9.36 Å². The zero-order chi connectivity index (χ0) is 44.8. The van der Waals surface area contributed by atoms with Crippen LogP contribution in [0.3, 0.4) is 0 Å². The minimum absolute atomic E-state index is 0.0121. The zero-order valence-electron chi connectivity index (χ0n) is 40.4. The van der Waals surface area contributed by atoms with Crippen LogP contribution in [-0.2, 0) is 27.9 Å². The molecule has 0 heterocycles. The first-order valence-electron chi connectivity index (χ1n) is 25.0. The van der Waals surface area contributed by atoms with Crippen LogP contribution in [0.15, 0.2) is 60.8 Å². The fraction of sp³-hybridized carbons (Fsp3) is 0.788. The van der Waals surface area contributed by atoms with Gasteiger partial charge < -0.3 is 27.9 Å². The average Bonchev–Trinajstić information content (AvgIpc) is 3.22. The van der Waals surface area contributed by atoms with Gasteiger partial charge >= 0.3 is 5.97 Å². The van der Waals surface area contributed by atoms with Crippen molar-refractivity contribution in [3.63, 3.8) is 0 Å². The van der Waals surface area contributed by atoms with Crippen LogP contribution in [0.5, 0.6) is 0 Å². The standard InChI is InChI=1S/C52H96NO7P/c1-6-8-10-12-14-16-18-20-21-22-23-24-25-26-27-28-29-30-31-32-34-36-38-40-42-44-47-57-49-51(50-59-61(55,56)58-48-46-53(3,4)5)60-52(54)45-43-41-39-37-35-33-19-17-15-13-11-9-7-2/h9,11,15,17,22-23,33,35,39,41,51H,6-8,10,12-14,16,18-21,24-32,34,36-38,40,42-50H2,1-5H3/b11-9-,17-15-,23-22-,35-33-,41-39-. The van der Waals surface area contributed by atoms with Crippen LogP contribution in [-0.4, -0.2) is 70.7 Å². The first kappa shape index (κ1) is 59.2. The van der Waals surface area contributed by atoms with E-state index in [9.17, 15) is 14.3 Å². The van der Waals surface area contributed by atoms with Gasteiger partial charge in [0, 0.05) is 13.0 Å². The fourth-order valence-corrected chi connectivity index (χ4v) is 7.46. The first-order valence-corrected chi connectivity index (χ1v) is 26.5. The molecular weight excluding hydrogens is 782 g/mol. The fourth-order valence-electron chi connectivity index (χ4n) is 6.73. The maximum absolute atomic E-state index is 12.6. The van der Waals surface area contributed by atoms with Crippen molar-refractivity contribution in [3.05, 3.63) is 60.8 Å². The normalized spacial score (nSPS) is 14.1. The van der Waals surface area contributed by atoms with Gasteiger partial charge in [0.2, 0.25) is 0 Å². The molecule has 0 aliphatic rings. The van der Waals surface area contributed by atoms with E-state index in [0.29, 0.717) is 24.1 Å². The van der Waals surface area contributed by atoms with E-state index in [-0.39, 0.29) is 26.2 Å². The molecule has 0 aromatic rings. The van der Waals surface area contributed by atoms with Crippen LogP contribution in [0.1, 0.15) is 206 Å². The number of likely N-dealkylation sites (N-methyl/N-ethyl adjacent to an activating group) is 1. The largest absolute Gasteiger partial charge is 0.756 e. The molecule has 8 nitrogen and oxygen atoms in total. The third-order valence-electron chi connectivity index (χ3n) is 10.6. The summed E-state index contributed by atoms with van der Waals surface area (Å²) in [4.78, 5) is 25.0. The molecule has 0 saturated heterocycles. The Labute approximate surface area is 377 Å². The highest BCUT2D eigenvalue weighted by Crippen LogP contribution is 2.38. The van der Waals surface area contributed by atoms with Crippen molar-refractivity contribution in [3.8, 4) is 0 Å². The van der Waals surface area contributed by atoms with Crippen molar-refractivity contribution in [1.29, 1.82) is 0 Å². The van der Waals surface area contributed by atoms with Crippen LogP contribution in [0.4, 0.5) is 0 Å². The predicted molar refractivity (Wildman–Crippen MR) is 259 cm³/mol. The molecule has 0 N–H and O–H groups in total. The number of nitrogens with zero attached hydrogens (tertiary/aromatic N) is 1. The number of allylic oxidation sites excluding steroid dienone is 10. The lowest BCUT2D eigenvalue weighted by atomic mass is 10.0. The van der Waals surface area contributed by atoms with Gasteiger partial charge in [-0.25, -0.2) is 0 Å². The smallest absolute Gasteiger partial charge is 0.306 e. The molecule has 0 rings (SSSR count). The molecule has 0 bridgehead atoms. The summed E-state index contributed by atoms with van der Waals surface area (Å²) >= 11 is 0. The summed E-state index contributed by atoms with van der Waals surface area (Å²) in [6.45, 7) is 5.20. The first-order chi connectivity index (χ1) is 29.6.